The summed E-state index contributed by atoms with van der Waals surface area (Å²) in [5.41, 5.74) is 5.31. The molecule has 0 fully saturated rings. The van der Waals surface area contributed by atoms with Crippen molar-refractivity contribution in [2.75, 3.05) is 10.6 Å². The van der Waals surface area contributed by atoms with E-state index in [1.165, 1.54) is 6.33 Å². The largest absolute Gasteiger partial charge is 0.328 e. The van der Waals surface area contributed by atoms with E-state index in [1.54, 1.807) is 4.68 Å². The number of benzene rings is 2. The molecule has 4 rings (SSSR count). The monoisotopic (exact) mass is 437 g/mol. The lowest BCUT2D eigenvalue weighted by molar-refractivity contribution is -0.113. The number of rotatable bonds is 3. The summed E-state index contributed by atoms with van der Waals surface area (Å²) in [7, 11) is 0. The average Bonchev–Trinajstić information content (AvgIpc) is 3.12. The summed E-state index contributed by atoms with van der Waals surface area (Å²) in [5.74, 6) is 0.454. The SMILES string of the molecule is CC1=C(C(=O)Nc2cccc(C)c2C)C(c2cccc(Br)c2)n2ncnc2N1. The number of nitrogens with zero attached hydrogens (tertiary/aromatic N) is 3. The number of anilines is 2. The smallest absolute Gasteiger partial charge is 0.255 e. The first-order chi connectivity index (χ1) is 13.5. The molecule has 142 valence electrons. The minimum Gasteiger partial charge on any atom is -0.328 e. The van der Waals surface area contributed by atoms with Gasteiger partial charge in [-0.1, -0.05) is 40.2 Å². The van der Waals surface area contributed by atoms with Crippen molar-refractivity contribution in [1.82, 2.24) is 14.8 Å². The number of aryl methyl sites for hydroxylation is 1. The van der Waals surface area contributed by atoms with Gasteiger partial charge in [-0.15, -0.1) is 0 Å². The zero-order valence-corrected chi connectivity index (χ0v) is 17.4. The number of hydrogen-bond acceptors (Lipinski definition) is 4. The van der Waals surface area contributed by atoms with Gasteiger partial charge in [0.25, 0.3) is 5.91 Å². The first kappa shape index (κ1) is 18.4. The van der Waals surface area contributed by atoms with Crippen LogP contribution in [0.2, 0.25) is 0 Å². The number of aromatic nitrogens is 3. The second kappa shape index (κ2) is 7.24. The van der Waals surface area contributed by atoms with Gasteiger partial charge in [0.2, 0.25) is 5.95 Å². The van der Waals surface area contributed by atoms with Crippen LogP contribution in [0.25, 0.3) is 0 Å². The first-order valence-corrected chi connectivity index (χ1v) is 9.75. The minimum atomic E-state index is -0.374. The molecule has 0 bridgehead atoms. The number of nitrogens with one attached hydrogen (secondary N) is 2. The topological polar surface area (TPSA) is 71.8 Å². The standard InChI is InChI=1S/C21H20BrN5O/c1-12-6-4-9-17(13(12)2)26-20(28)18-14(3)25-21-23-11-24-27(21)19(18)15-7-5-8-16(22)10-15/h4-11,19H,1-3H3,(H,26,28)(H,23,24,25). The Labute approximate surface area is 171 Å². The number of fused-ring (bicyclic) bond motifs is 1. The van der Waals surface area contributed by atoms with E-state index in [0.29, 0.717) is 11.5 Å². The molecule has 1 unspecified atom stereocenters. The van der Waals surface area contributed by atoms with E-state index in [9.17, 15) is 4.79 Å². The molecule has 1 aliphatic heterocycles. The van der Waals surface area contributed by atoms with Gasteiger partial charge >= 0.3 is 0 Å². The summed E-state index contributed by atoms with van der Waals surface area (Å²) in [6.07, 6.45) is 1.49. The molecule has 2 aromatic carbocycles. The van der Waals surface area contributed by atoms with Gasteiger partial charge in [0.15, 0.2) is 0 Å². The lowest BCUT2D eigenvalue weighted by Gasteiger charge is -2.29. The van der Waals surface area contributed by atoms with Gasteiger partial charge in [0, 0.05) is 15.9 Å². The van der Waals surface area contributed by atoms with Crippen LogP contribution in [-0.2, 0) is 4.79 Å². The van der Waals surface area contributed by atoms with Crippen LogP contribution in [0.1, 0.15) is 29.7 Å². The number of halogens is 1. The lowest BCUT2D eigenvalue weighted by Crippen LogP contribution is -2.31. The van der Waals surface area contributed by atoms with Crippen LogP contribution in [0.15, 0.2) is 64.5 Å². The third-order valence-electron chi connectivity index (χ3n) is 5.06. The molecule has 0 saturated carbocycles. The highest BCUT2D eigenvalue weighted by atomic mass is 79.9. The number of hydrogen-bond donors (Lipinski definition) is 2. The third kappa shape index (κ3) is 3.22. The zero-order valence-electron chi connectivity index (χ0n) is 15.8. The summed E-state index contributed by atoms with van der Waals surface area (Å²) < 4.78 is 2.68. The van der Waals surface area contributed by atoms with Gasteiger partial charge in [-0.25, -0.2) is 4.68 Å². The Morgan fingerprint density at radius 1 is 1.18 bits per heavy atom. The van der Waals surface area contributed by atoms with Crippen LogP contribution in [0.4, 0.5) is 11.6 Å². The van der Waals surface area contributed by atoms with Gasteiger partial charge in [-0.2, -0.15) is 10.1 Å². The van der Waals surface area contributed by atoms with Gasteiger partial charge in [0.05, 0.1) is 5.57 Å². The molecule has 1 aromatic heterocycles. The zero-order chi connectivity index (χ0) is 19.8. The van der Waals surface area contributed by atoms with Crippen LogP contribution in [0.3, 0.4) is 0 Å². The van der Waals surface area contributed by atoms with Crippen molar-refractivity contribution < 1.29 is 4.79 Å². The fourth-order valence-corrected chi connectivity index (χ4v) is 3.86. The maximum Gasteiger partial charge on any atom is 0.255 e. The molecule has 28 heavy (non-hydrogen) atoms. The van der Waals surface area contributed by atoms with Crippen molar-refractivity contribution in [3.8, 4) is 0 Å². The second-order valence-electron chi connectivity index (χ2n) is 6.85. The Kier molecular flexibility index (Phi) is 4.77. The van der Waals surface area contributed by atoms with Gasteiger partial charge in [-0.05, 0) is 55.7 Å². The normalized spacial score (nSPS) is 15.8. The predicted octanol–water partition coefficient (Wildman–Crippen LogP) is 4.59. The Balaban J connectivity index is 1.78. The summed E-state index contributed by atoms with van der Waals surface area (Å²) in [5, 5.41) is 10.6. The number of carbonyl (C=O) groups is 1. The molecule has 1 aliphatic rings. The maximum absolute atomic E-state index is 13.4. The Morgan fingerprint density at radius 3 is 2.75 bits per heavy atom. The lowest BCUT2D eigenvalue weighted by atomic mass is 9.95. The van der Waals surface area contributed by atoms with Crippen LogP contribution in [0, 0.1) is 13.8 Å². The first-order valence-electron chi connectivity index (χ1n) is 8.96. The van der Waals surface area contributed by atoms with Crippen molar-refractivity contribution in [2.24, 2.45) is 0 Å². The third-order valence-corrected chi connectivity index (χ3v) is 5.55. The molecule has 6 nitrogen and oxygen atoms in total. The van der Waals surface area contributed by atoms with E-state index in [-0.39, 0.29) is 11.9 Å². The quantitative estimate of drug-likeness (QED) is 0.628. The van der Waals surface area contributed by atoms with Crippen LogP contribution >= 0.6 is 15.9 Å². The summed E-state index contributed by atoms with van der Waals surface area (Å²) >= 11 is 3.53. The van der Waals surface area contributed by atoms with Gasteiger partial charge < -0.3 is 10.6 Å². The Morgan fingerprint density at radius 2 is 1.96 bits per heavy atom. The molecule has 1 amide bonds. The predicted molar refractivity (Wildman–Crippen MR) is 113 cm³/mol. The van der Waals surface area contributed by atoms with E-state index in [2.05, 4.69) is 36.6 Å². The van der Waals surface area contributed by atoms with E-state index in [1.807, 2.05) is 63.2 Å². The number of allylic oxidation sites excluding steroid dienone is 1. The molecular weight excluding hydrogens is 418 g/mol. The minimum absolute atomic E-state index is 0.162. The van der Waals surface area contributed by atoms with Crippen molar-refractivity contribution in [1.29, 1.82) is 0 Å². The van der Waals surface area contributed by atoms with Crippen LogP contribution in [0.5, 0.6) is 0 Å². The van der Waals surface area contributed by atoms with Crippen molar-refractivity contribution in [2.45, 2.75) is 26.8 Å². The molecule has 0 saturated heterocycles. The molecular formula is C21H20BrN5O. The highest BCUT2D eigenvalue weighted by Gasteiger charge is 2.33. The molecule has 2 heterocycles. The van der Waals surface area contributed by atoms with Gasteiger partial charge in [0.1, 0.15) is 12.4 Å². The summed E-state index contributed by atoms with van der Waals surface area (Å²) in [6, 6.07) is 13.4. The summed E-state index contributed by atoms with van der Waals surface area (Å²) in [4.78, 5) is 17.6. The van der Waals surface area contributed by atoms with Crippen LogP contribution < -0.4 is 10.6 Å². The van der Waals surface area contributed by atoms with Gasteiger partial charge in [-0.3, -0.25) is 4.79 Å². The highest BCUT2D eigenvalue weighted by Crippen LogP contribution is 2.36. The molecule has 0 aliphatic carbocycles. The van der Waals surface area contributed by atoms with E-state index in [0.717, 1.165) is 32.5 Å². The Hall–Kier alpha value is -2.93. The Bertz CT molecular complexity index is 1100. The average molecular weight is 438 g/mol. The molecule has 0 spiro atoms. The fraction of sp³-hybridized carbons (Fsp3) is 0.190. The van der Waals surface area contributed by atoms with Crippen molar-refractivity contribution >= 4 is 33.5 Å². The molecule has 0 radical (unpaired) electrons. The van der Waals surface area contributed by atoms with E-state index in [4.69, 9.17) is 0 Å². The number of amides is 1. The fourth-order valence-electron chi connectivity index (χ4n) is 3.45. The highest BCUT2D eigenvalue weighted by molar-refractivity contribution is 9.10. The molecule has 7 heteroatoms. The van der Waals surface area contributed by atoms with E-state index < -0.39 is 0 Å². The molecule has 1 atom stereocenters. The van der Waals surface area contributed by atoms with Crippen molar-refractivity contribution in [3.05, 3.63) is 81.2 Å². The molecule has 3 aromatic rings. The van der Waals surface area contributed by atoms with Crippen molar-refractivity contribution in [3.63, 3.8) is 0 Å². The number of carbonyl (C=O) groups excluding carboxylic acids is 1. The summed E-state index contributed by atoms with van der Waals surface area (Å²) in [6.45, 7) is 5.93. The van der Waals surface area contributed by atoms with Crippen LogP contribution in [-0.4, -0.2) is 20.7 Å². The second-order valence-corrected chi connectivity index (χ2v) is 7.77. The maximum atomic E-state index is 13.4. The van der Waals surface area contributed by atoms with E-state index >= 15 is 0 Å². The molecule has 2 N–H and O–H groups in total.